The van der Waals surface area contributed by atoms with Crippen molar-refractivity contribution in [1.82, 2.24) is 9.78 Å². The lowest BCUT2D eigenvalue weighted by molar-refractivity contribution is 0.0836. The van der Waals surface area contributed by atoms with E-state index in [-0.39, 0.29) is 5.78 Å². The van der Waals surface area contributed by atoms with E-state index in [1.54, 1.807) is 16.9 Å². The molecule has 0 spiro atoms. The number of Topliss-reactive ketones (excluding diaryl/α,β-unsaturated/α-hetero) is 1. The van der Waals surface area contributed by atoms with Gasteiger partial charge in [0.25, 0.3) is 0 Å². The summed E-state index contributed by atoms with van der Waals surface area (Å²) < 4.78 is 1.69. The van der Waals surface area contributed by atoms with Gasteiger partial charge in [0.15, 0.2) is 5.78 Å². The van der Waals surface area contributed by atoms with Crippen molar-refractivity contribution in [2.45, 2.75) is 27.3 Å². The van der Waals surface area contributed by atoms with E-state index in [1.807, 2.05) is 20.8 Å². The van der Waals surface area contributed by atoms with Crippen molar-refractivity contribution < 1.29 is 4.79 Å². The fourth-order valence-corrected chi connectivity index (χ4v) is 1.22. The number of nitrogens with zero attached hydrogens (tertiary/aromatic N) is 2. The van der Waals surface area contributed by atoms with Gasteiger partial charge >= 0.3 is 0 Å². The number of hydrogen-bond acceptors (Lipinski definition) is 3. The van der Waals surface area contributed by atoms with Crippen molar-refractivity contribution in [3.05, 3.63) is 18.0 Å². The summed E-state index contributed by atoms with van der Waals surface area (Å²) in [6.45, 7) is 6.71. The summed E-state index contributed by atoms with van der Waals surface area (Å²) >= 11 is 0. The molecular weight excluding hydrogens is 178 g/mol. The normalized spacial score (nSPS) is 11.7. The van der Waals surface area contributed by atoms with E-state index >= 15 is 0 Å². The third-order valence-electron chi connectivity index (χ3n) is 2.37. The zero-order chi connectivity index (χ0) is 10.8. The Balaban J connectivity index is 3.00. The molecule has 0 atom stereocenters. The molecular formula is C10H17N3O. The van der Waals surface area contributed by atoms with Gasteiger partial charge in [-0.3, -0.25) is 9.48 Å². The SMILES string of the molecule is CCn1nccc1C(=O)C(C)(C)CN. The second-order valence-electron chi connectivity index (χ2n) is 3.95. The number of carbonyl (C=O) groups excluding carboxylic acids is 1. The zero-order valence-electron chi connectivity index (χ0n) is 8.95. The van der Waals surface area contributed by atoms with E-state index in [4.69, 9.17) is 5.73 Å². The van der Waals surface area contributed by atoms with Gasteiger partial charge in [0.05, 0.1) is 0 Å². The van der Waals surface area contributed by atoms with Crippen LogP contribution in [0.5, 0.6) is 0 Å². The van der Waals surface area contributed by atoms with Gasteiger partial charge < -0.3 is 5.73 Å². The van der Waals surface area contributed by atoms with Crippen molar-refractivity contribution in [2.75, 3.05) is 6.54 Å². The summed E-state index contributed by atoms with van der Waals surface area (Å²) in [6.07, 6.45) is 1.64. The molecule has 0 aliphatic carbocycles. The molecule has 1 heterocycles. The molecule has 1 aromatic heterocycles. The average molecular weight is 195 g/mol. The van der Waals surface area contributed by atoms with E-state index in [2.05, 4.69) is 5.10 Å². The Morgan fingerprint density at radius 2 is 2.29 bits per heavy atom. The number of nitrogens with two attached hydrogens (primary N) is 1. The molecule has 0 aliphatic rings. The zero-order valence-corrected chi connectivity index (χ0v) is 8.95. The Morgan fingerprint density at radius 1 is 1.64 bits per heavy atom. The Bertz CT molecular complexity index is 328. The lowest BCUT2D eigenvalue weighted by atomic mass is 9.86. The summed E-state index contributed by atoms with van der Waals surface area (Å²) in [6, 6.07) is 1.74. The molecule has 0 saturated carbocycles. The number of ketones is 1. The molecule has 0 aromatic carbocycles. The number of aromatic nitrogens is 2. The first kappa shape index (κ1) is 10.9. The van der Waals surface area contributed by atoms with Crippen molar-refractivity contribution in [3.8, 4) is 0 Å². The topological polar surface area (TPSA) is 60.9 Å². The molecule has 0 unspecified atom stereocenters. The van der Waals surface area contributed by atoms with Crippen LogP contribution < -0.4 is 5.73 Å². The predicted octanol–water partition coefficient (Wildman–Crippen LogP) is 1.07. The second kappa shape index (κ2) is 3.92. The van der Waals surface area contributed by atoms with Crippen LogP contribution in [0, 0.1) is 5.41 Å². The molecule has 1 aromatic rings. The summed E-state index contributed by atoms with van der Waals surface area (Å²) in [5, 5.41) is 4.06. The molecule has 0 saturated heterocycles. The van der Waals surface area contributed by atoms with Gasteiger partial charge in [-0.15, -0.1) is 0 Å². The molecule has 4 heteroatoms. The maximum Gasteiger partial charge on any atom is 0.187 e. The number of hydrogen-bond donors (Lipinski definition) is 1. The third kappa shape index (κ3) is 1.85. The second-order valence-corrected chi connectivity index (χ2v) is 3.95. The first-order chi connectivity index (χ1) is 6.53. The van der Waals surface area contributed by atoms with Crippen LogP contribution >= 0.6 is 0 Å². The molecule has 78 valence electrons. The standard InChI is InChI=1S/C10H17N3O/c1-4-13-8(5-6-12-13)9(14)10(2,3)7-11/h5-6H,4,7,11H2,1-3H3. The third-order valence-corrected chi connectivity index (χ3v) is 2.37. The van der Waals surface area contributed by atoms with Crippen LogP contribution in [-0.2, 0) is 6.54 Å². The van der Waals surface area contributed by atoms with Crippen LogP contribution in [0.25, 0.3) is 0 Å². The number of carbonyl (C=O) groups is 1. The Hall–Kier alpha value is -1.16. The molecule has 2 N–H and O–H groups in total. The molecule has 1 rings (SSSR count). The molecule has 0 radical (unpaired) electrons. The smallest absolute Gasteiger partial charge is 0.187 e. The van der Waals surface area contributed by atoms with Gasteiger partial charge in [-0.1, -0.05) is 13.8 Å². The maximum absolute atomic E-state index is 12.0. The molecule has 0 bridgehead atoms. The lowest BCUT2D eigenvalue weighted by Crippen LogP contribution is -2.34. The summed E-state index contributed by atoms with van der Waals surface area (Å²) in [4.78, 5) is 12.0. The van der Waals surface area contributed by atoms with Crippen LogP contribution in [0.3, 0.4) is 0 Å². The molecule has 0 fully saturated rings. The molecule has 0 aliphatic heterocycles. The molecule has 14 heavy (non-hydrogen) atoms. The maximum atomic E-state index is 12.0. The molecule has 0 amide bonds. The number of rotatable bonds is 4. The van der Waals surface area contributed by atoms with Gasteiger partial charge in [0.1, 0.15) is 5.69 Å². The minimum Gasteiger partial charge on any atom is -0.329 e. The summed E-state index contributed by atoms with van der Waals surface area (Å²) in [5.74, 6) is 0.0550. The van der Waals surface area contributed by atoms with Crippen LogP contribution in [0.15, 0.2) is 12.3 Å². The Kier molecular flexibility index (Phi) is 3.06. The van der Waals surface area contributed by atoms with E-state index < -0.39 is 5.41 Å². The highest BCUT2D eigenvalue weighted by atomic mass is 16.1. The Morgan fingerprint density at radius 3 is 2.79 bits per heavy atom. The first-order valence-electron chi connectivity index (χ1n) is 4.79. The van der Waals surface area contributed by atoms with Crippen molar-refractivity contribution in [1.29, 1.82) is 0 Å². The minimum atomic E-state index is -0.507. The van der Waals surface area contributed by atoms with Gasteiger partial charge in [-0.25, -0.2) is 0 Å². The summed E-state index contributed by atoms with van der Waals surface area (Å²) in [7, 11) is 0. The monoisotopic (exact) mass is 195 g/mol. The van der Waals surface area contributed by atoms with Gasteiger partial charge in [0, 0.05) is 24.7 Å². The first-order valence-corrected chi connectivity index (χ1v) is 4.79. The van der Waals surface area contributed by atoms with Gasteiger partial charge in [0.2, 0.25) is 0 Å². The fourth-order valence-electron chi connectivity index (χ4n) is 1.22. The summed E-state index contributed by atoms with van der Waals surface area (Å²) in [5.41, 5.74) is 5.69. The van der Waals surface area contributed by atoms with Crippen LogP contribution in [0.2, 0.25) is 0 Å². The van der Waals surface area contributed by atoms with Gasteiger partial charge in [-0.2, -0.15) is 5.10 Å². The van der Waals surface area contributed by atoms with Crippen LogP contribution in [-0.4, -0.2) is 22.1 Å². The number of aryl methyl sites for hydroxylation is 1. The van der Waals surface area contributed by atoms with Gasteiger partial charge in [-0.05, 0) is 13.0 Å². The van der Waals surface area contributed by atoms with Crippen molar-refractivity contribution in [3.63, 3.8) is 0 Å². The Labute approximate surface area is 84.1 Å². The van der Waals surface area contributed by atoms with Crippen LogP contribution in [0.4, 0.5) is 0 Å². The quantitative estimate of drug-likeness (QED) is 0.731. The van der Waals surface area contributed by atoms with E-state index in [1.165, 1.54) is 0 Å². The van der Waals surface area contributed by atoms with E-state index in [0.717, 1.165) is 0 Å². The average Bonchev–Trinajstić information content (AvgIpc) is 2.64. The highest BCUT2D eigenvalue weighted by molar-refractivity contribution is 5.98. The molecule has 4 nitrogen and oxygen atoms in total. The van der Waals surface area contributed by atoms with Crippen LogP contribution in [0.1, 0.15) is 31.3 Å². The largest absolute Gasteiger partial charge is 0.329 e. The van der Waals surface area contributed by atoms with E-state index in [0.29, 0.717) is 18.8 Å². The minimum absolute atomic E-state index is 0.0550. The predicted molar refractivity (Wildman–Crippen MR) is 55.1 cm³/mol. The lowest BCUT2D eigenvalue weighted by Gasteiger charge is -2.20. The van der Waals surface area contributed by atoms with Crippen molar-refractivity contribution >= 4 is 5.78 Å². The fraction of sp³-hybridized carbons (Fsp3) is 0.600. The highest BCUT2D eigenvalue weighted by Crippen LogP contribution is 2.19. The van der Waals surface area contributed by atoms with E-state index in [9.17, 15) is 4.79 Å². The highest BCUT2D eigenvalue weighted by Gasteiger charge is 2.29. The van der Waals surface area contributed by atoms with Crippen molar-refractivity contribution in [2.24, 2.45) is 11.1 Å².